The molecule has 0 saturated carbocycles. The van der Waals surface area contributed by atoms with E-state index in [-0.39, 0.29) is 11.7 Å². The Labute approximate surface area is 112 Å². The highest BCUT2D eigenvalue weighted by Crippen LogP contribution is 2.16. The lowest BCUT2D eigenvalue weighted by Gasteiger charge is -2.05. The molecule has 0 atom stereocenters. The van der Waals surface area contributed by atoms with Crippen molar-refractivity contribution in [3.8, 4) is 5.75 Å². The van der Waals surface area contributed by atoms with E-state index in [4.69, 9.17) is 0 Å². The fraction of sp³-hybridized carbons (Fsp3) is 0.0625. The summed E-state index contributed by atoms with van der Waals surface area (Å²) < 4.78 is 0. The van der Waals surface area contributed by atoms with Gasteiger partial charge in [-0.3, -0.25) is 4.79 Å². The Morgan fingerprint density at radius 3 is 2.53 bits per heavy atom. The van der Waals surface area contributed by atoms with E-state index < -0.39 is 0 Å². The second kappa shape index (κ2) is 5.87. The van der Waals surface area contributed by atoms with E-state index >= 15 is 0 Å². The van der Waals surface area contributed by atoms with Crippen molar-refractivity contribution in [3.63, 3.8) is 0 Å². The Morgan fingerprint density at radius 1 is 1.11 bits per heavy atom. The van der Waals surface area contributed by atoms with Gasteiger partial charge < -0.3 is 10.4 Å². The molecule has 0 fully saturated rings. The maximum Gasteiger partial charge on any atom is 0.251 e. The summed E-state index contributed by atoms with van der Waals surface area (Å²) in [5.41, 5.74) is 2.16. The number of hydrogen-bond donors (Lipinski definition) is 2. The van der Waals surface area contributed by atoms with Crippen molar-refractivity contribution in [1.29, 1.82) is 0 Å². The summed E-state index contributed by atoms with van der Waals surface area (Å²) in [5, 5.41) is 12.1. The van der Waals surface area contributed by atoms with Crippen LogP contribution >= 0.6 is 0 Å². The lowest BCUT2D eigenvalue weighted by Crippen LogP contribution is -2.12. The molecule has 0 aromatic heterocycles. The first-order valence-corrected chi connectivity index (χ1v) is 5.99. The number of anilines is 1. The van der Waals surface area contributed by atoms with Crippen LogP contribution in [-0.2, 0) is 4.79 Å². The third kappa shape index (κ3) is 3.71. The van der Waals surface area contributed by atoms with Gasteiger partial charge in [0.05, 0.1) is 0 Å². The van der Waals surface area contributed by atoms with Crippen LogP contribution in [0.1, 0.15) is 12.5 Å². The number of carbonyl (C=O) groups is 1. The molecule has 0 radical (unpaired) electrons. The van der Waals surface area contributed by atoms with Crippen molar-refractivity contribution in [2.45, 2.75) is 6.92 Å². The number of benzene rings is 2. The first kappa shape index (κ1) is 12.9. The van der Waals surface area contributed by atoms with E-state index in [0.29, 0.717) is 11.3 Å². The van der Waals surface area contributed by atoms with E-state index in [2.05, 4.69) is 5.32 Å². The molecule has 19 heavy (non-hydrogen) atoms. The van der Waals surface area contributed by atoms with Crippen molar-refractivity contribution in [2.75, 3.05) is 5.32 Å². The molecule has 0 aliphatic heterocycles. The highest BCUT2D eigenvalue weighted by molar-refractivity contribution is 6.06. The molecule has 2 aromatic rings. The minimum absolute atomic E-state index is 0.127. The van der Waals surface area contributed by atoms with Crippen LogP contribution in [0.3, 0.4) is 0 Å². The summed E-state index contributed by atoms with van der Waals surface area (Å²) in [7, 11) is 0. The normalized spacial score (nSPS) is 11.1. The van der Waals surface area contributed by atoms with Crippen LogP contribution in [0, 0.1) is 0 Å². The molecule has 1 amide bonds. The van der Waals surface area contributed by atoms with Crippen LogP contribution in [0.4, 0.5) is 5.69 Å². The molecular formula is C16H15NO2. The number of amides is 1. The molecule has 2 rings (SSSR count). The van der Waals surface area contributed by atoms with E-state index in [1.54, 1.807) is 25.1 Å². The largest absolute Gasteiger partial charge is 0.508 e. The van der Waals surface area contributed by atoms with E-state index in [1.807, 2.05) is 36.4 Å². The fourth-order valence-electron chi connectivity index (χ4n) is 1.68. The highest BCUT2D eigenvalue weighted by atomic mass is 16.3. The average Bonchev–Trinajstić information content (AvgIpc) is 2.40. The zero-order valence-electron chi connectivity index (χ0n) is 10.6. The third-order valence-electron chi connectivity index (χ3n) is 2.64. The standard InChI is InChI=1S/C16H15NO2/c1-12(10-13-6-3-2-4-7-13)16(19)17-14-8-5-9-15(18)11-14/h2-11,18H,1H3,(H,17,19). The van der Waals surface area contributed by atoms with Gasteiger partial charge in [-0.25, -0.2) is 0 Å². The number of phenols is 1. The maximum atomic E-state index is 12.0. The summed E-state index contributed by atoms with van der Waals surface area (Å²) in [6.07, 6.45) is 1.82. The number of phenolic OH excluding ortho intramolecular Hbond substituents is 1. The van der Waals surface area contributed by atoms with Crippen LogP contribution < -0.4 is 5.32 Å². The van der Waals surface area contributed by atoms with Gasteiger partial charge in [0, 0.05) is 17.3 Å². The van der Waals surface area contributed by atoms with Crippen molar-refractivity contribution in [2.24, 2.45) is 0 Å². The number of aromatic hydroxyl groups is 1. The smallest absolute Gasteiger partial charge is 0.251 e. The summed E-state index contributed by atoms with van der Waals surface area (Å²) in [5.74, 6) is -0.0584. The highest BCUT2D eigenvalue weighted by Gasteiger charge is 2.05. The number of hydrogen-bond acceptors (Lipinski definition) is 2. The molecule has 0 aliphatic carbocycles. The summed E-state index contributed by atoms with van der Waals surface area (Å²) in [4.78, 5) is 12.0. The molecule has 3 heteroatoms. The second-order valence-electron chi connectivity index (χ2n) is 4.24. The molecule has 0 saturated heterocycles. The van der Waals surface area contributed by atoms with Crippen LogP contribution in [0.15, 0.2) is 60.2 Å². The van der Waals surface area contributed by atoms with Crippen molar-refractivity contribution in [1.82, 2.24) is 0 Å². The lowest BCUT2D eigenvalue weighted by molar-refractivity contribution is -0.112. The maximum absolute atomic E-state index is 12.0. The topological polar surface area (TPSA) is 49.3 Å². The Bertz CT molecular complexity index is 603. The molecular weight excluding hydrogens is 238 g/mol. The zero-order valence-corrected chi connectivity index (χ0v) is 10.6. The molecule has 0 unspecified atom stereocenters. The van der Waals surface area contributed by atoms with Gasteiger partial charge in [0.2, 0.25) is 0 Å². The molecule has 2 N–H and O–H groups in total. The summed E-state index contributed by atoms with van der Waals surface area (Å²) in [6.45, 7) is 1.76. The average molecular weight is 253 g/mol. The van der Waals surface area contributed by atoms with Crippen LogP contribution in [-0.4, -0.2) is 11.0 Å². The zero-order chi connectivity index (χ0) is 13.7. The fourth-order valence-corrected chi connectivity index (χ4v) is 1.68. The van der Waals surface area contributed by atoms with Gasteiger partial charge in [-0.2, -0.15) is 0 Å². The molecule has 0 bridgehead atoms. The van der Waals surface area contributed by atoms with E-state index in [0.717, 1.165) is 5.56 Å². The monoisotopic (exact) mass is 253 g/mol. The van der Waals surface area contributed by atoms with Crippen LogP contribution in [0.2, 0.25) is 0 Å². The molecule has 2 aromatic carbocycles. The Kier molecular flexibility index (Phi) is 3.98. The summed E-state index contributed by atoms with van der Waals surface area (Å²) in [6, 6.07) is 16.1. The predicted octanol–water partition coefficient (Wildman–Crippen LogP) is 3.43. The van der Waals surface area contributed by atoms with Crippen LogP contribution in [0.25, 0.3) is 6.08 Å². The predicted molar refractivity (Wildman–Crippen MR) is 76.8 cm³/mol. The van der Waals surface area contributed by atoms with Gasteiger partial charge >= 0.3 is 0 Å². The number of carbonyl (C=O) groups excluding carboxylic acids is 1. The molecule has 0 heterocycles. The van der Waals surface area contributed by atoms with Crippen molar-refractivity contribution < 1.29 is 9.90 Å². The van der Waals surface area contributed by atoms with Gasteiger partial charge in [-0.05, 0) is 30.7 Å². The van der Waals surface area contributed by atoms with Gasteiger partial charge in [-0.15, -0.1) is 0 Å². The SMILES string of the molecule is CC(=Cc1ccccc1)C(=O)Nc1cccc(O)c1. The number of rotatable bonds is 3. The van der Waals surface area contributed by atoms with Gasteiger partial charge in [-0.1, -0.05) is 36.4 Å². The first-order chi connectivity index (χ1) is 9.15. The van der Waals surface area contributed by atoms with Crippen molar-refractivity contribution in [3.05, 3.63) is 65.7 Å². The molecule has 0 spiro atoms. The lowest BCUT2D eigenvalue weighted by atomic mass is 10.1. The quantitative estimate of drug-likeness (QED) is 0.823. The van der Waals surface area contributed by atoms with Crippen molar-refractivity contribution >= 4 is 17.7 Å². The molecule has 3 nitrogen and oxygen atoms in total. The number of nitrogens with one attached hydrogen (secondary N) is 1. The molecule has 96 valence electrons. The first-order valence-electron chi connectivity index (χ1n) is 5.99. The van der Waals surface area contributed by atoms with Gasteiger partial charge in [0.15, 0.2) is 0 Å². The van der Waals surface area contributed by atoms with E-state index in [1.165, 1.54) is 6.07 Å². The Balaban J connectivity index is 2.10. The Hall–Kier alpha value is -2.55. The van der Waals surface area contributed by atoms with Gasteiger partial charge in [0.25, 0.3) is 5.91 Å². The van der Waals surface area contributed by atoms with Crippen LogP contribution in [0.5, 0.6) is 5.75 Å². The second-order valence-corrected chi connectivity index (χ2v) is 4.24. The summed E-state index contributed by atoms with van der Waals surface area (Å²) >= 11 is 0. The minimum Gasteiger partial charge on any atom is -0.508 e. The van der Waals surface area contributed by atoms with E-state index in [9.17, 15) is 9.90 Å². The molecule has 0 aliphatic rings. The van der Waals surface area contributed by atoms with Gasteiger partial charge in [0.1, 0.15) is 5.75 Å². The third-order valence-corrected chi connectivity index (χ3v) is 2.64. The minimum atomic E-state index is -0.186. The Morgan fingerprint density at radius 2 is 1.84 bits per heavy atom.